The molecule has 0 saturated carbocycles. The van der Waals surface area contributed by atoms with Gasteiger partial charge in [-0.2, -0.15) is 0 Å². The number of rotatable bonds is 1. The first-order valence-corrected chi connectivity index (χ1v) is 6.76. The Balaban J connectivity index is 2.14. The van der Waals surface area contributed by atoms with Gasteiger partial charge < -0.3 is 9.55 Å². The van der Waals surface area contributed by atoms with Crippen molar-refractivity contribution < 1.29 is 0 Å². The van der Waals surface area contributed by atoms with E-state index in [0.29, 0.717) is 0 Å². The standard InChI is InChI=1S/C13H16N4S/c1-17-8-7-14-12(17)11-15-10-6-4-2-3-5-9(10)13(18)16-11/h7-8H,2-6H2,1H3,(H,15,16,18). The van der Waals surface area contributed by atoms with E-state index in [-0.39, 0.29) is 0 Å². The molecule has 1 aliphatic carbocycles. The average Bonchev–Trinajstić information content (AvgIpc) is 2.63. The van der Waals surface area contributed by atoms with Crippen LogP contribution in [0, 0.1) is 4.64 Å². The monoisotopic (exact) mass is 260 g/mol. The summed E-state index contributed by atoms with van der Waals surface area (Å²) < 4.78 is 2.69. The molecule has 2 aromatic heterocycles. The summed E-state index contributed by atoms with van der Waals surface area (Å²) in [6, 6.07) is 0. The molecule has 0 bridgehead atoms. The van der Waals surface area contributed by atoms with Crippen LogP contribution in [0.3, 0.4) is 0 Å². The molecule has 2 heterocycles. The number of aromatic nitrogens is 4. The Bertz CT molecular complexity index is 626. The SMILES string of the molecule is Cn1ccnc1-c1nc(=S)c2c([nH]1)CCCCC2. The van der Waals surface area contributed by atoms with Crippen LogP contribution in [-0.4, -0.2) is 19.5 Å². The molecular formula is C13H16N4S. The third kappa shape index (κ3) is 1.99. The molecule has 0 unspecified atom stereocenters. The average molecular weight is 260 g/mol. The van der Waals surface area contributed by atoms with E-state index in [2.05, 4.69) is 15.0 Å². The zero-order chi connectivity index (χ0) is 12.5. The van der Waals surface area contributed by atoms with Crippen LogP contribution >= 0.6 is 12.2 Å². The predicted octanol–water partition coefficient (Wildman–Crippen LogP) is 2.81. The molecule has 1 aliphatic rings. The highest BCUT2D eigenvalue weighted by atomic mass is 32.1. The van der Waals surface area contributed by atoms with Crippen molar-refractivity contribution in [2.45, 2.75) is 32.1 Å². The van der Waals surface area contributed by atoms with E-state index in [1.807, 2.05) is 17.8 Å². The third-order valence-corrected chi connectivity index (χ3v) is 3.83. The Morgan fingerprint density at radius 1 is 1.28 bits per heavy atom. The summed E-state index contributed by atoms with van der Waals surface area (Å²) in [7, 11) is 1.96. The minimum Gasteiger partial charge on any atom is -0.340 e. The lowest BCUT2D eigenvalue weighted by molar-refractivity contribution is 0.708. The maximum absolute atomic E-state index is 5.44. The van der Waals surface area contributed by atoms with Gasteiger partial charge in [-0.3, -0.25) is 0 Å². The molecule has 94 valence electrons. The highest BCUT2D eigenvalue weighted by Crippen LogP contribution is 2.22. The van der Waals surface area contributed by atoms with Crippen LogP contribution in [0.2, 0.25) is 0 Å². The summed E-state index contributed by atoms with van der Waals surface area (Å²) in [5, 5.41) is 0. The molecule has 1 N–H and O–H groups in total. The molecule has 2 aromatic rings. The highest BCUT2D eigenvalue weighted by Gasteiger charge is 2.14. The van der Waals surface area contributed by atoms with E-state index in [0.717, 1.165) is 29.1 Å². The first-order chi connectivity index (χ1) is 8.75. The Morgan fingerprint density at radius 2 is 2.11 bits per heavy atom. The smallest absolute Gasteiger partial charge is 0.175 e. The summed E-state index contributed by atoms with van der Waals surface area (Å²) >= 11 is 5.44. The molecule has 18 heavy (non-hydrogen) atoms. The molecule has 0 aromatic carbocycles. The molecule has 3 rings (SSSR count). The van der Waals surface area contributed by atoms with Gasteiger partial charge >= 0.3 is 0 Å². The van der Waals surface area contributed by atoms with Crippen molar-refractivity contribution in [1.29, 1.82) is 0 Å². The van der Waals surface area contributed by atoms with Crippen LogP contribution < -0.4 is 0 Å². The van der Waals surface area contributed by atoms with Crippen molar-refractivity contribution in [3.63, 3.8) is 0 Å². The fraction of sp³-hybridized carbons (Fsp3) is 0.462. The topological polar surface area (TPSA) is 46.5 Å². The van der Waals surface area contributed by atoms with Gasteiger partial charge in [0, 0.05) is 30.7 Å². The fourth-order valence-corrected chi connectivity index (χ4v) is 2.81. The van der Waals surface area contributed by atoms with Crippen molar-refractivity contribution in [1.82, 2.24) is 19.5 Å². The molecule has 0 atom stereocenters. The quantitative estimate of drug-likeness (QED) is 0.633. The van der Waals surface area contributed by atoms with Gasteiger partial charge in [0.15, 0.2) is 11.6 Å². The zero-order valence-electron chi connectivity index (χ0n) is 10.4. The molecule has 0 aliphatic heterocycles. The largest absolute Gasteiger partial charge is 0.340 e. The van der Waals surface area contributed by atoms with E-state index in [1.165, 1.54) is 30.5 Å². The number of hydrogen-bond donors (Lipinski definition) is 1. The first kappa shape index (κ1) is 11.6. The Labute approximate surface area is 111 Å². The van der Waals surface area contributed by atoms with Gasteiger partial charge in [-0.15, -0.1) is 0 Å². The number of aryl methyl sites for hydroxylation is 2. The van der Waals surface area contributed by atoms with E-state index in [1.54, 1.807) is 6.20 Å². The molecule has 0 spiro atoms. The van der Waals surface area contributed by atoms with Crippen molar-refractivity contribution >= 4 is 12.2 Å². The van der Waals surface area contributed by atoms with E-state index >= 15 is 0 Å². The van der Waals surface area contributed by atoms with Gasteiger partial charge in [-0.05, 0) is 25.7 Å². The van der Waals surface area contributed by atoms with E-state index < -0.39 is 0 Å². The molecular weight excluding hydrogens is 244 g/mol. The van der Waals surface area contributed by atoms with Gasteiger partial charge in [0.2, 0.25) is 0 Å². The second-order valence-corrected chi connectivity index (χ2v) is 5.16. The number of nitrogens with one attached hydrogen (secondary N) is 1. The lowest BCUT2D eigenvalue weighted by atomic mass is 10.1. The Kier molecular flexibility index (Phi) is 2.99. The summed E-state index contributed by atoms with van der Waals surface area (Å²) in [5.41, 5.74) is 2.49. The van der Waals surface area contributed by atoms with Crippen molar-refractivity contribution in [3.8, 4) is 11.6 Å². The molecule has 0 amide bonds. The van der Waals surface area contributed by atoms with Crippen molar-refractivity contribution in [3.05, 3.63) is 28.3 Å². The minimum absolute atomic E-state index is 0.739. The summed E-state index contributed by atoms with van der Waals surface area (Å²) in [4.78, 5) is 12.3. The number of imidazole rings is 1. The highest BCUT2D eigenvalue weighted by molar-refractivity contribution is 7.71. The summed E-state index contributed by atoms with van der Waals surface area (Å²) in [6.45, 7) is 0. The molecule has 5 heteroatoms. The van der Waals surface area contributed by atoms with Crippen LogP contribution in [0.1, 0.15) is 30.5 Å². The van der Waals surface area contributed by atoms with E-state index in [4.69, 9.17) is 12.2 Å². The Morgan fingerprint density at radius 3 is 2.89 bits per heavy atom. The van der Waals surface area contributed by atoms with Crippen molar-refractivity contribution in [2.24, 2.45) is 7.05 Å². The number of aromatic amines is 1. The fourth-order valence-electron chi connectivity index (χ4n) is 2.50. The summed E-state index contributed by atoms with van der Waals surface area (Å²) in [5.74, 6) is 1.63. The first-order valence-electron chi connectivity index (χ1n) is 6.35. The van der Waals surface area contributed by atoms with Crippen LogP contribution in [0.25, 0.3) is 11.6 Å². The van der Waals surface area contributed by atoms with Gasteiger partial charge in [0.1, 0.15) is 4.64 Å². The number of H-pyrrole nitrogens is 1. The van der Waals surface area contributed by atoms with Gasteiger partial charge in [-0.25, -0.2) is 9.97 Å². The Hall–Kier alpha value is -1.49. The molecule has 0 fully saturated rings. The van der Waals surface area contributed by atoms with Gasteiger partial charge in [-0.1, -0.05) is 18.6 Å². The van der Waals surface area contributed by atoms with Gasteiger partial charge in [0.25, 0.3) is 0 Å². The van der Waals surface area contributed by atoms with Crippen LogP contribution in [0.4, 0.5) is 0 Å². The lowest BCUT2D eigenvalue weighted by Gasteiger charge is -2.09. The second-order valence-electron chi connectivity index (χ2n) is 4.77. The molecule has 0 saturated heterocycles. The maximum atomic E-state index is 5.44. The summed E-state index contributed by atoms with van der Waals surface area (Å²) in [6.07, 6.45) is 9.53. The van der Waals surface area contributed by atoms with Gasteiger partial charge in [0.05, 0.1) is 0 Å². The maximum Gasteiger partial charge on any atom is 0.175 e. The van der Waals surface area contributed by atoms with Crippen LogP contribution in [0.15, 0.2) is 12.4 Å². The predicted molar refractivity (Wildman–Crippen MR) is 72.9 cm³/mol. The normalized spacial score (nSPS) is 15.2. The van der Waals surface area contributed by atoms with Crippen molar-refractivity contribution in [2.75, 3.05) is 0 Å². The van der Waals surface area contributed by atoms with Crippen LogP contribution in [-0.2, 0) is 19.9 Å². The van der Waals surface area contributed by atoms with Crippen LogP contribution in [0.5, 0.6) is 0 Å². The number of nitrogens with zero attached hydrogens (tertiary/aromatic N) is 3. The number of fused-ring (bicyclic) bond motifs is 1. The zero-order valence-corrected chi connectivity index (χ0v) is 11.3. The minimum atomic E-state index is 0.739. The third-order valence-electron chi connectivity index (χ3n) is 3.49. The van der Waals surface area contributed by atoms with E-state index in [9.17, 15) is 0 Å². The lowest BCUT2D eigenvalue weighted by Crippen LogP contribution is -2.04. The number of hydrogen-bond acceptors (Lipinski definition) is 3. The molecule has 0 radical (unpaired) electrons. The second kappa shape index (κ2) is 4.65. The molecule has 4 nitrogen and oxygen atoms in total.